The van der Waals surface area contributed by atoms with Crippen LogP contribution in [0.5, 0.6) is 0 Å². The van der Waals surface area contributed by atoms with Crippen LogP contribution >= 0.6 is 0 Å². The first kappa shape index (κ1) is 23.2. The second-order valence-corrected chi connectivity index (χ2v) is 7.96. The van der Waals surface area contributed by atoms with Crippen LogP contribution in [0, 0.1) is 6.92 Å². The molecule has 10 nitrogen and oxygen atoms in total. The number of hydrogen-bond donors (Lipinski definition) is 2. The molecule has 178 valence electrons. The maximum absolute atomic E-state index is 13.2. The summed E-state index contributed by atoms with van der Waals surface area (Å²) in [5.74, 6) is -1.74. The van der Waals surface area contributed by atoms with E-state index < -0.39 is 11.9 Å². The van der Waals surface area contributed by atoms with Gasteiger partial charge in [0.15, 0.2) is 5.78 Å². The van der Waals surface area contributed by atoms with Gasteiger partial charge in [0.25, 0.3) is 5.91 Å². The van der Waals surface area contributed by atoms with Crippen molar-refractivity contribution in [3.05, 3.63) is 52.5 Å². The van der Waals surface area contributed by atoms with E-state index in [1.54, 1.807) is 36.1 Å². The molecule has 2 N–H and O–H groups in total. The van der Waals surface area contributed by atoms with Crippen LogP contribution in [-0.2, 0) is 20.7 Å². The minimum atomic E-state index is -0.652. The van der Waals surface area contributed by atoms with Gasteiger partial charge >= 0.3 is 5.97 Å². The van der Waals surface area contributed by atoms with Crippen LogP contribution in [0.4, 0.5) is 5.69 Å². The molecule has 1 aliphatic rings. The molecule has 0 unspecified atom stereocenters. The van der Waals surface area contributed by atoms with Crippen molar-refractivity contribution in [3.63, 3.8) is 0 Å². The van der Waals surface area contributed by atoms with Crippen molar-refractivity contribution < 1.29 is 33.1 Å². The molecule has 3 heterocycles. The number of ether oxygens (including phenoxy) is 2. The van der Waals surface area contributed by atoms with E-state index in [9.17, 15) is 19.2 Å². The Morgan fingerprint density at radius 3 is 2.53 bits per heavy atom. The third-order valence-electron chi connectivity index (χ3n) is 5.76. The summed E-state index contributed by atoms with van der Waals surface area (Å²) in [6.45, 7) is 4.67. The third-order valence-corrected chi connectivity index (χ3v) is 5.76. The predicted octanol–water partition coefficient (Wildman–Crippen LogP) is 2.71. The number of benzene rings is 1. The quantitative estimate of drug-likeness (QED) is 0.421. The highest BCUT2D eigenvalue weighted by Gasteiger charge is 2.29. The van der Waals surface area contributed by atoms with Crippen LogP contribution in [-0.4, -0.2) is 66.9 Å². The minimum absolute atomic E-state index is 0.0248. The Bertz CT molecular complexity index is 1280. The fourth-order valence-corrected chi connectivity index (χ4v) is 4.10. The number of anilines is 1. The van der Waals surface area contributed by atoms with Gasteiger partial charge in [-0.1, -0.05) is 12.1 Å². The van der Waals surface area contributed by atoms with Crippen LogP contribution in [0.15, 0.2) is 28.7 Å². The SMILES string of the molecule is COC(=O)c1c(CC(=O)Nc2c(C(=O)N3CCOCC3)oc3ccccc23)[nH]c(C(C)=O)c1C. The van der Waals surface area contributed by atoms with Crippen molar-refractivity contribution in [1.82, 2.24) is 9.88 Å². The summed E-state index contributed by atoms with van der Waals surface area (Å²) in [5, 5.41) is 3.35. The van der Waals surface area contributed by atoms with Gasteiger partial charge in [-0.3, -0.25) is 14.4 Å². The van der Waals surface area contributed by atoms with Crippen LogP contribution in [0.3, 0.4) is 0 Å². The standard InChI is InChI=1S/C24H25N3O7/c1-13-19(24(31)32-3)16(25-20(13)14(2)28)12-18(29)26-21-15-6-4-5-7-17(15)34-22(21)23(30)27-8-10-33-11-9-27/h4-7,25H,8-12H2,1-3H3,(H,26,29). The number of morpholine rings is 1. The van der Waals surface area contributed by atoms with E-state index >= 15 is 0 Å². The Labute approximate surface area is 195 Å². The second-order valence-electron chi connectivity index (χ2n) is 7.96. The molecule has 0 spiro atoms. The number of aromatic nitrogens is 1. The molecule has 2 amide bonds. The van der Waals surface area contributed by atoms with Crippen molar-refractivity contribution >= 4 is 40.2 Å². The van der Waals surface area contributed by atoms with Crippen LogP contribution in [0.25, 0.3) is 11.0 Å². The highest BCUT2D eigenvalue weighted by molar-refractivity contribution is 6.11. The van der Waals surface area contributed by atoms with Gasteiger partial charge in [0.1, 0.15) is 11.3 Å². The number of aromatic amines is 1. The number of para-hydroxylation sites is 1. The minimum Gasteiger partial charge on any atom is -0.465 e. The lowest BCUT2D eigenvalue weighted by atomic mass is 10.1. The number of esters is 1. The Morgan fingerprint density at radius 2 is 1.85 bits per heavy atom. The zero-order valence-corrected chi connectivity index (χ0v) is 19.1. The topological polar surface area (TPSA) is 131 Å². The molecular formula is C24H25N3O7. The fraction of sp³-hybridized carbons (Fsp3) is 0.333. The average molecular weight is 467 g/mol. The summed E-state index contributed by atoms with van der Waals surface area (Å²) in [6.07, 6.45) is -0.247. The summed E-state index contributed by atoms with van der Waals surface area (Å²) in [6, 6.07) is 7.01. The number of H-pyrrole nitrogens is 1. The van der Waals surface area contributed by atoms with Crippen molar-refractivity contribution in [3.8, 4) is 0 Å². The van der Waals surface area contributed by atoms with Crippen molar-refractivity contribution in [2.75, 3.05) is 38.7 Å². The number of methoxy groups -OCH3 is 1. The molecule has 1 aliphatic heterocycles. The number of carbonyl (C=O) groups is 4. The molecule has 0 bridgehead atoms. The number of amides is 2. The molecule has 1 fully saturated rings. The van der Waals surface area contributed by atoms with Gasteiger partial charge in [-0.15, -0.1) is 0 Å². The smallest absolute Gasteiger partial charge is 0.339 e. The Morgan fingerprint density at radius 1 is 1.15 bits per heavy atom. The lowest BCUT2D eigenvalue weighted by Gasteiger charge is -2.26. The number of ketones is 1. The van der Waals surface area contributed by atoms with Crippen LogP contribution in [0.2, 0.25) is 0 Å². The van der Waals surface area contributed by atoms with E-state index in [1.165, 1.54) is 14.0 Å². The summed E-state index contributed by atoms with van der Waals surface area (Å²) >= 11 is 0. The van der Waals surface area contributed by atoms with Gasteiger partial charge in [0.2, 0.25) is 11.7 Å². The molecule has 0 aliphatic carbocycles. The van der Waals surface area contributed by atoms with E-state index in [2.05, 4.69) is 10.3 Å². The molecule has 2 aromatic heterocycles. The Kier molecular flexibility index (Phi) is 6.51. The van der Waals surface area contributed by atoms with Gasteiger partial charge in [-0.2, -0.15) is 0 Å². The van der Waals surface area contributed by atoms with Gasteiger partial charge in [-0.05, 0) is 24.6 Å². The Balaban J connectivity index is 1.66. The van der Waals surface area contributed by atoms with Crippen molar-refractivity contribution in [1.29, 1.82) is 0 Å². The van der Waals surface area contributed by atoms with E-state index in [1.807, 2.05) is 0 Å². The first-order valence-electron chi connectivity index (χ1n) is 10.8. The summed E-state index contributed by atoms with van der Waals surface area (Å²) in [5.41, 5.74) is 1.76. The number of nitrogens with zero attached hydrogens (tertiary/aromatic N) is 1. The van der Waals surface area contributed by atoms with Gasteiger partial charge in [0.05, 0.1) is 38.0 Å². The lowest BCUT2D eigenvalue weighted by Crippen LogP contribution is -2.40. The second kappa shape index (κ2) is 9.52. The molecule has 3 aromatic rings. The molecule has 10 heteroatoms. The zero-order valence-electron chi connectivity index (χ0n) is 19.1. The average Bonchev–Trinajstić information content (AvgIpc) is 3.36. The summed E-state index contributed by atoms with van der Waals surface area (Å²) < 4.78 is 16.0. The Hall–Kier alpha value is -3.92. The van der Waals surface area contributed by atoms with Crippen LogP contribution < -0.4 is 5.32 Å². The largest absolute Gasteiger partial charge is 0.465 e. The first-order chi connectivity index (χ1) is 16.3. The molecule has 0 atom stereocenters. The van der Waals surface area contributed by atoms with Crippen LogP contribution in [0.1, 0.15) is 49.6 Å². The third kappa shape index (κ3) is 4.32. The number of fused-ring (bicyclic) bond motifs is 1. The van der Waals surface area contributed by atoms with E-state index in [-0.39, 0.29) is 46.5 Å². The molecule has 1 aromatic carbocycles. The molecule has 34 heavy (non-hydrogen) atoms. The predicted molar refractivity (Wildman–Crippen MR) is 122 cm³/mol. The van der Waals surface area contributed by atoms with E-state index in [0.29, 0.717) is 42.8 Å². The maximum atomic E-state index is 13.2. The number of furan rings is 1. The van der Waals surface area contributed by atoms with Crippen molar-refractivity contribution in [2.45, 2.75) is 20.3 Å². The number of rotatable bonds is 6. The lowest BCUT2D eigenvalue weighted by molar-refractivity contribution is -0.115. The number of hydrogen-bond acceptors (Lipinski definition) is 7. The molecule has 0 saturated carbocycles. The van der Waals surface area contributed by atoms with Crippen molar-refractivity contribution in [2.24, 2.45) is 0 Å². The molecule has 4 rings (SSSR count). The first-order valence-corrected chi connectivity index (χ1v) is 10.8. The molecular weight excluding hydrogens is 442 g/mol. The maximum Gasteiger partial charge on any atom is 0.339 e. The van der Waals surface area contributed by atoms with Gasteiger partial charge in [0, 0.05) is 31.1 Å². The van der Waals surface area contributed by atoms with Gasteiger partial charge in [-0.25, -0.2) is 4.79 Å². The number of nitrogens with one attached hydrogen (secondary N) is 2. The number of Topliss-reactive ketones (excluding diaryl/α,β-unsaturated/α-hetero) is 1. The fourth-order valence-electron chi connectivity index (χ4n) is 4.10. The summed E-state index contributed by atoms with van der Waals surface area (Å²) in [7, 11) is 1.23. The normalized spacial score (nSPS) is 13.7. The summed E-state index contributed by atoms with van der Waals surface area (Å²) in [4.78, 5) is 55.0. The molecule has 0 radical (unpaired) electrons. The number of carbonyl (C=O) groups excluding carboxylic acids is 4. The van der Waals surface area contributed by atoms with Gasteiger partial charge < -0.3 is 29.1 Å². The van der Waals surface area contributed by atoms with E-state index in [0.717, 1.165) is 0 Å². The highest BCUT2D eigenvalue weighted by Crippen LogP contribution is 2.32. The highest BCUT2D eigenvalue weighted by atomic mass is 16.5. The van der Waals surface area contributed by atoms with E-state index in [4.69, 9.17) is 13.9 Å². The zero-order chi connectivity index (χ0) is 24.4. The molecule has 1 saturated heterocycles. The monoisotopic (exact) mass is 467 g/mol.